The average molecular weight is 343 g/mol. The van der Waals surface area contributed by atoms with Crippen molar-refractivity contribution in [1.82, 2.24) is 9.55 Å². The van der Waals surface area contributed by atoms with Gasteiger partial charge in [-0.3, -0.25) is 9.52 Å². The van der Waals surface area contributed by atoms with Crippen molar-refractivity contribution in [2.45, 2.75) is 18.7 Å². The zero-order chi connectivity index (χ0) is 17.5. The highest BCUT2D eigenvalue weighted by molar-refractivity contribution is 7.92. The number of imidazole rings is 1. The number of aryl methyl sites for hydroxylation is 2. The molecule has 0 saturated carbocycles. The summed E-state index contributed by atoms with van der Waals surface area (Å²) >= 11 is 0. The van der Waals surface area contributed by atoms with Crippen LogP contribution in [0, 0.1) is 6.92 Å². The third kappa shape index (κ3) is 2.90. The topological polar surface area (TPSA) is 81.1 Å². The van der Waals surface area contributed by atoms with Gasteiger partial charge in [0.15, 0.2) is 5.78 Å². The van der Waals surface area contributed by atoms with Crippen LogP contribution in [0.1, 0.15) is 23.1 Å². The van der Waals surface area contributed by atoms with Crippen molar-refractivity contribution in [2.75, 3.05) is 4.72 Å². The molecule has 0 radical (unpaired) electrons. The third-order valence-electron chi connectivity index (χ3n) is 3.93. The quantitative estimate of drug-likeness (QED) is 0.739. The number of fused-ring (bicyclic) bond motifs is 1. The van der Waals surface area contributed by atoms with Crippen LogP contribution in [-0.2, 0) is 17.1 Å². The molecule has 0 aliphatic carbocycles. The fraction of sp³-hybridized carbons (Fsp3) is 0.176. The summed E-state index contributed by atoms with van der Waals surface area (Å²) in [5, 5.41) is 0. The molecule has 0 aliphatic rings. The van der Waals surface area contributed by atoms with Gasteiger partial charge in [0.1, 0.15) is 5.82 Å². The van der Waals surface area contributed by atoms with Crippen LogP contribution >= 0.6 is 0 Å². The van der Waals surface area contributed by atoms with Crippen molar-refractivity contribution in [2.24, 2.45) is 7.05 Å². The molecule has 124 valence electrons. The number of Topliss-reactive ketones (excluding diaryl/α,β-unsaturated/α-hetero) is 1. The van der Waals surface area contributed by atoms with Gasteiger partial charge < -0.3 is 4.57 Å². The van der Waals surface area contributed by atoms with E-state index in [4.69, 9.17) is 0 Å². The Morgan fingerprint density at radius 2 is 1.79 bits per heavy atom. The summed E-state index contributed by atoms with van der Waals surface area (Å²) in [7, 11) is -1.82. The highest BCUT2D eigenvalue weighted by Crippen LogP contribution is 2.22. The number of rotatable bonds is 4. The fourth-order valence-corrected chi connectivity index (χ4v) is 3.52. The third-order valence-corrected chi connectivity index (χ3v) is 5.32. The zero-order valence-corrected chi connectivity index (χ0v) is 14.4. The number of anilines is 1. The molecule has 2 aromatic carbocycles. The van der Waals surface area contributed by atoms with Crippen LogP contribution in [0.2, 0.25) is 0 Å². The van der Waals surface area contributed by atoms with E-state index in [-0.39, 0.29) is 10.7 Å². The summed E-state index contributed by atoms with van der Waals surface area (Å²) < 4.78 is 29.4. The Hall–Kier alpha value is -2.67. The molecule has 0 fully saturated rings. The number of carbonyl (C=O) groups excluding carboxylic acids is 1. The molecule has 0 aliphatic heterocycles. The smallest absolute Gasteiger partial charge is 0.261 e. The van der Waals surface area contributed by atoms with Crippen LogP contribution in [0.15, 0.2) is 47.4 Å². The van der Waals surface area contributed by atoms with E-state index in [2.05, 4.69) is 9.71 Å². The van der Waals surface area contributed by atoms with Crippen molar-refractivity contribution >= 4 is 32.5 Å². The summed E-state index contributed by atoms with van der Waals surface area (Å²) in [6.07, 6.45) is 0. The summed E-state index contributed by atoms with van der Waals surface area (Å²) in [5.41, 5.74) is 2.57. The molecule has 0 spiro atoms. The maximum absolute atomic E-state index is 12.5. The van der Waals surface area contributed by atoms with E-state index in [1.54, 1.807) is 12.1 Å². The first-order chi connectivity index (χ1) is 11.3. The molecule has 1 aromatic heterocycles. The minimum atomic E-state index is -3.72. The number of aromatic nitrogens is 2. The molecule has 3 rings (SSSR count). The Morgan fingerprint density at radius 3 is 2.42 bits per heavy atom. The van der Waals surface area contributed by atoms with Crippen LogP contribution < -0.4 is 4.72 Å². The summed E-state index contributed by atoms with van der Waals surface area (Å²) in [5.74, 6) is 0.743. The average Bonchev–Trinajstić information content (AvgIpc) is 2.81. The van der Waals surface area contributed by atoms with Crippen molar-refractivity contribution < 1.29 is 13.2 Å². The van der Waals surface area contributed by atoms with Gasteiger partial charge in [-0.2, -0.15) is 0 Å². The molecule has 0 amide bonds. The lowest BCUT2D eigenvalue weighted by Crippen LogP contribution is -2.13. The Bertz CT molecular complexity index is 1030. The molecule has 0 saturated heterocycles. The number of hydrogen-bond donors (Lipinski definition) is 1. The number of benzene rings is 2. The van der Waals surface area contributed by atoms with Crippen molar-refractivity contribution in [1.29, 1.82) is 0 Å². The summed E-state index contributed by atoms with van der Waals surface area (Å²) in [4.78, 5) is 15.8. The molecule has 3 aromatic rings. The molecule has 6 nitrogen and oxygen atoms in total. The predicted octanol–water partition coefficient (Wildman–Crippen LogP) is 2.89. The van der Waals surface area contributed by atoms with Gasteiger partial charge in [-0.15, -0.1) is 0 Å². The molecule has 0 unspecified atom stereocenters. The fourth-order valence-electron chi connectivity index (χ4n) is 2.47. The van der Waals surface area contributed by atoms with Gasteiger partial charge >= 0.3 is 0 Å². The van der Waals surface area contributed by atoms with Gasteiger partial charge in [0, 0.05) is 12.6 Å². The van der Waals surface area contributed by atoms with Gasteiger partial charge in [-0.1, -0.05) is 12.1 Å². The SMILES string of the molecule is CC(=O)c1ccc(S(=O)(=O)Nc2ccc3c(c2)nc(C)n3C)cc1. The summed E-state index contributed by atoms with van der Waals surface area (Å²) in [6.45, 7) is 3.33. The van der Waals surface area contributed by atoms with E-state index in [1.807, 2.05) is 24.6 Å². The number of carbonyl (C=O) groups is 1. The van der Waals surface area contributed by atoms with Crippen molar-refractivity contribution in [3.63, 3.8) is 0 Å². The van der Waals surface area contributed by atoms with Gasteiger partial charge in [0.05, 0.1) is 21.6 Å². The molecule has 1 N–H and O–H groups in total. The molecule has 1 heterocycles. The van der Waals surface area contributed by atoms with E-state index < -0.39 is 10.0 Å². The van der Waals surface area contributed by atoms with Crippen LogP contribution in [0.3, 0.4) is 0 Å². The predicted molar refractivity (Wildman–Crippen MR) is 92.7 cm³/mol. The van der Waals surface area contributed by atoms with Gasteiger partial charge in [0.25, 0.3) is 10.0 Å². The van der Waals surface area contributed by atoms with Crippen LogP contribution in [0.25, 0.3) is 11.0 Å². The Morgan fingerprint density at radius 1 is 1.12 bits per heavy atom. The van der Waals surface area contributed by atoms with Gasteiger partial charge in [-0.05, 0) is 44.2 Å². The lowest BCUT2D eigenvalue weighted by atomic mass is 10.2. The second-order valence-electron chi connectivity index (χ2n) is 5.61. The standard InChI is InChI=1S/C17H17N3O3S/c1-11(21)13-4-7-15(8-5-13)24(22,23)19-14-6-9-17-16(10-14)18-12(2)20(17)3/h4-10,19H,1-3H3. The number of nitrogens with zero attached hydrogens (tertiary/aromatic N) is 2. The zero-order valence-electron chi connectivity index (χ0n) is 13.6. The van der Waals surface area contributed by atoms with E-state index in [0.717, 1.165) is 16.9 Å². The number of hydrogen-bond acceptors (Lipinski definition) is 4. The number of sulfonamides is 1. The molecule has 0 bridgehead atoms. The van der Waals surface area contributed by atoms with Gasteiger partial charge in [0.2, 0.25) is 0 Å². The molecular weight excluding hydrogens is 326 g/mol. The minimum Gasteiger partial charge on any atom is -0.331 e. The lowest BCUT2D eigenvalue weighted by Gasteiger charge is -2.08. The van der Waals surface area contributed by atoms with Crippen molar-refractivity contribution in [3.8, 4) is 0 Å². The Kier molecular flexibility index (Phi) is 3.88. The largest absolute Gasteiger partial charge is 0.331 e. The number of nitrogens with one attached hydrogen (secondary N) is 1. The highest BCUT2D eigenvalue weighted by atomic mass is 32.2. The Labute approximate surface area is 140 Å². The second kappa shape index (κ2) is 5.76. The number of ketones is 1. The second-order valence-corrected chi connectivity index (χ2v) is 7.29. The molecule has 0 atom stereocenters. The monoisotopic (exact) mass is 343 g/mol. The highest BCUT2D eigenvalue weighted by Gasteiger charge is 2.15. The van der Waals surface area contributed by atoms with E-state index in [1.165, 1.54) is 31.2 Å². The molecular formula is C17H17N3O3S. The minimum absolute atomic E-state index is 0.102. The lowest BCUT2D eigenvalue weighted by molar-refractivity contribution is 0.101. The summed E-state index contributed by atoms with van der Waals surface area (Å²) in [6, 6.07) is 11.1. The normalized spacial score (nSPS) is 11.6. The first-order valence-corrected chi connectivity index (χ1v) is 8.83. The van der Waals surface area contributed by atoms with Crippen LogP contribution in [0.4, 0.5) is 5.69 Å². The maximum atomic E-state index is 12.5. The first kappa shape index (κ1) is 16.2. The van der Waals surface area contributed by atoms with Gasteiger partial charge in [-0.25, -0.2) is 13.4 Å². The van der Waals surface area contributed by atoms with Crippen LogP contribution in [-0.4, -0.2) is 23.8 Å². The van der Waals surface area contributed by atoms with E-state index in [0.29, 0.717) is 11.3 Å². The first-order valence-electron chi connectivity index (χ1n) is 7.35. The Balaban J connectivity index is 1.92. The van der Waals surface area contributed by atoms with Crippen molar-refractivity contribution in [3.05, 3.63) is 53.9 Å². The van der Waals surface area contributed by atoms with E-state index >= 15 is 0 Å². The van der Waals surface area contributed by atoms with E-state index in [9.17, 15) is 13.2 Å². The maximum Gasteiger partial charge on any atom is 0.261 e. The molecule has 7 heteroatoms. The van der Waals surface area contributed by atoms with Crippen LogP contribution in [0.5, 0.6) is 0 Å². The molecule has 24 heavy (non-hydrogen) atoms.